The molecule has 0 heterocycles. The number of ether oxygens (including phenoxy) is 2. The predicted molar refractivity (Wildman–Crippen MR) is 47.9 cm³/mol. The van der Waals surface area contributed by atoms with Gasteiger partial charge < -0.3 is 9.47 Å². The number of carbonyl (C=O) groups excluding carboxylic acids is 1. The second kappa shape index (κ2) is 4.31. The van der Waals surface area contributed by atoms with Crippen LogP contribution in [0.15, 0.2) is 0 Å². The van der Waals surface area contributed by atoms with E-state index in [9.17, 15) is 4.79 Å². The molecule has 0 amide bonds. The molecule has 0 atom stereocenters. The molecule has 0 aromatic rings. The SMILES string of the molecule is BBC(C)(C)OC(=O)OCC. The maximum atomic E-state index is 10.8. The fraction of sp³-hybridized carbons (Fsp3) is 0.833. The molecule has 0 N–H and O–H groups in total. The highest BCUT2D eigenvalue weighted by Crippen LogP contribution is 2.06. The van der Waals surface area contributed by atoms with Gasteiger partial charge in [0.05, 0.1) is 19.8 Å². The molecule has 5 heteroatoms. The molecule has 0 aromatic heterocycles. The van der Waals surface area contributed by atoms with Crippen molar-refractivity contribution < 1.29 is 14.3 Å². The van der Waals surface area contributed by atoms with Gasteiger partial charge in [0, 0.05) is 0 Å². The van der Waals surface area contributed by atoms with Crippen LogP contribution >= 0.6 is 0 Å². The minimum atomic E-state index is -0.584. The van der Waals surface area contributed by atoms with Gasteiger partial charge in [-0.15, -0.1) is 0 Å². The van der Waals surface area contributed by atoms with Gasteiger partial charge in [-0.3, -0.25) is 0 Å². The fourth-order valence-electron chi connectivity index (χ4n) is 0.445. The van der Waals surface area contributed by atoms with Gasteiger partial charge in [0.25, 0.3) is 0 Å². The molecule has 0 aliphatic carbocycles. The molecule has 0 bridgehead atoms. The Morgan fingerprint density at radius 2 is 2.18 bits per heavy atom. The van der Waals surface area contributed by atoms with Crippen LogP contribution in [0.5, 0.6) is 0 Å². The van der Waals surface area contributed by atoms with Crippen molar-refractivity contribution in [1.29, 1.82) is 0 Å². The first-order chi connectivity index (χ1) is 5.02. The van der Waals surface area contributed by atoms with Crippen LogP contribution in [0, 0.1) is 0 Å². The molecular formula is C6H14B2O3. The smallest absolute Gasteiger partial charge is 0.438 e. The van der Waals surface area contributed by atoms with Gasteiger partial charge in [0.15, 0.2) is 0 Å². The topological polar surface area (TPSA) is 35.5 Å². The van der Waals surface area contributed by atoms with Crippen LogP contribution in [0.1, 0.15) is 20.8 Å². The van der Waals surface area contributed by atoms with Gasteiger partial charge in [0.1, 0.15) is 7.17 Å². The van der Waals surface area contributed by atoms with Crippen LogP contribution in [0.4, 0.5) is 4.79 Å². The lowest BCUT2D eigenvalue weighted by Crippen LogP contribution is -2.35. The molecule has 0 aliphatic heterocycles. The minimum absolute atomic E-state index is 0.360. The zero-order chi connectivity index (χ0) is 8.91. The Morgan fingerprint density at radius 1 is 1.64 bits per heavy atom. The van der Waals surface area contributed by atoms with E-state index in [0.29, 0.717) is 6.61 Å². The molecule has 0 rings (SSSR count). The summed E-state index contributed by atoms with van der Waals surface area (Å²) >= 11 is 0. The van der Waals surface area contributed by atoms with E-state index in [4.69, 9.17) is 4.74 Å². The maximum absolute atomic E-state index is 10.8. The molecule has 3 nitrogen and oxygen atoms in total. The molecule has 0 unspecified atom stereocenters. The van der Waals surface area contributed by atoms with Crippen molar-refractivity contribution in [2.24, 2.45) is 0 Å². The highest BCUT2D eigenvalue weighted by molar-refractivity contribution is 6.91. The third-order valence-corrected chi connectivity index (χ3v) is 1.47. The summed E-state index contributed by atoms with van der Waals surface area (Å²) < 4.78 is 9.58. The molecule has 0 aliphatic rings. The van der Waals surface area contributed by atoms with E-state index in [1.54, 1.807) is 6.92 Å². The molecule has 0 saturated carbocycles. The van der Waals surface area contributed by atoms with Gasteiger partial charge in [-0.25, -0.2) is 4.79 Å². The second-order valence-corrected chi connectivity index (χ2v) is 2.90. The third kappa shape index (κ3) is 4.76. The van der Waals surface area contributed by atoms with Crippen molar-refractivity contribution in [1.82, 2.24) is 0 Å². The largest absolute Gasteiger partial charge is 0.507 e. The summed E-state index contributed by atoms with van der Waals surface area (Å²) in [5.41, 5.74) is -0.410. The standard InChI is InChI=1S/C6H14B2O3/c1-4-10-5(9)11-6(2,3)8-7/h8H,4,7H2,1-3H3. The zero-order valence-electron chi connectivity index (χ0n) is 7.64. The Bertz CT molecular complexity index is 136. The van der Waals surface area contributed by atoms with E-state index in [2.05, 4.69) is 4.74 Å². The number of carbonyl (C=O) groups is 1. The monoisotopic (exact) mass is 156 g/mol. The molecule has 0 aromatic carbocycles. The van der Waals surface area contributed by atoms with Crippen molar-refractivity contribution in [3.8, 4) is 0 Å². The van der Waals surface area contributed by atoms with Gasteiger partial charge in [-0.1, -0.05) is 0 Å². The summed E-state index contributed by atoms with van der Waals surface area (Å²) in [4.78, 5) is 10.8. The summed E-state index contributed by atoms with van der Waals surface area (Å²) in [7, 11) is 2.74. The van der Waals surface area contributed by atoms with Crippen LogP contribution in [0.2, 0.25) is 0 Å². The summed E-state index contributed by atoms with van der Waals surface area (Å²) in [6, 6.07) is 0. The molecule has 62 valence electrons. The molecule has 0 radical (unpaired) electrons. The zero-order valence-corrected chi connectivity index (χ0v) is 7.64. The summed E-state index contributed by atoms with van der Waals surface area (Å²) in [6.07, 6.45) is -0.584. The highest BCUT2D eigenvalue weighted by atomic mass is 16.7. The average molecular weight is 156 g/mol. The minimum Gasteiger partial charge on any atom is -0.438 e. The van der Waals surface area contributed by atoms with E-state index in [1.165, 1.54) is 0 Å². The Labute approximate surface area is 69.1 Å². The van der Waals surface area contributed by atoms with Gasteiger partial charge in [-0.2, -0.15) is 0 Å². The van der Waals surface area contributed by atoms with E-state index in [1.807, 2.05) is 21.6 Å². The van der Waals surface area contributed by atoms with Crippen LogP contribution < -0.4 is 0 Å². The predicted octanol–water partition coefficient (Wildman–Crippen LogP) is -0.120. The Kier molecular flexibility index (Phi) is 4.08. The fourth-order valence-corrected chi connectivity index (χ4v) is 0.445. The number of hydrogen-bond acceptors (Lipinski definition) is 3. The van der Waals surface area contributed by atoms with E-state index >= 15 is 0 Å². The molecule has 0 spiro atoms. The molecular weight excluding hydrogens is 142 g/mol. The second-order valence-electron chi connectivity index (χ2n) is 2.90. The van der Waals surface area contributed by atoms with Crippen LogP contribution in [-0.4, -0.2) is 33.2 Å². The van der Waals surface area contributed by atoms with Crippen molar-refractivity contribution in [2.45, 2.75) is 26.3 Å². The van der Waals surface area contributed by atoms with Crippen LogP contribution in [0.25, 0.3) is 0 Å². The van der Waals surface area contributed by atoms with Crippen molar-refractivity contribution >= 4 is 21.1 Å². The summed E-state index contributed by atoms with van der Waals surface area (Å²) in [5, 5.41) is 0. The number of hydrogen-bond donors (Lipinski definition) is 0. The molecule has 0 saturated heterocycles. The third-order valence-electron chi connectivity index (χ3n) is 1.47. The van der Waals surface area contributed by atoms with E-state index < -0.39 is 11.7 Å². The quantitative estimate of drug-likeness (QED) is 0.421. The van der Waals surface area contributed by atoms with Gasteiger partial charge in [0.2, 0.25) is 0 Å². The van der Waals surface area contributed by atoms with Crippen molar-refractivity contribution in [3.63, 3.8) is 0 Å². The Morgan fingerprint density at radius 3 is 2.55 bits per heavy atom. The lowest BCUT2D eigenvalue weighted by molar-refractivity contribution is 0.0217. The van der Waals surface area contributed by atoms with Crippen molar-refractivity contribution in [2.75, 3.05) is 6.61 Å². The van der Waals surface area contributed by atoms with Crippen LogP contribution in [0.3, 0.4) is 0 Å². The Balaban J connectivity index is 3.74. The normalized spacial score (nSPS) is 10.5. The van der Waals surface area contributed by atoms with E-state index in [0.717, 1.165) is 7.17 Å². The molecule has 11 heavy (non-hydrogen) atoms. The first-order valence-corrected chi connectivity index (χ1v) is 3.87. The highest BCUT2D eigenvalue weighted by Gasteiger charge is 2.21. The maximum Gasteiger partial charge on any atom is 0.507 e. The lowest BCUT2D eigenvalue weighted by Gasteiger charge is -2.21. The van der Waals surface area contributed by atoms with Gasteiger partial charge >= 0.3 is 6.16 Å². The Hall–Kier alpha value is -0.600. The number of rotatable bonds is 3. The van der Waals surface area contributed by atoms with Crippen LogP contribution in [-0.2, 0) is 9.47 Å². The molecule has 0 fully saturated rings. The average Bonchev–Trinajstić information content (AvgIpc) is 1.87. The van der Waals surface area contributed by atoms with Crippen molar-refractivity contribution in [3.05, 3.63) is 0 Å². The summed E-state index contributed by atoms with van der Waals surface area (Å²) in [5.74, 6) is 0. The first-order valence-electron chi connectivity index (χ1n) is 3.87. The van der Waals surface area contributed by atoms with Gasteiger partial charge in [-0.05, 0) is 20.8 Å². The lowest BCUT2D eigenvalue weighted by atomic mass is 9.46. The first kappa shape index (κ1) is 10.4. The van der Waals surface area contributed by atoms with E-state index in [-0.39, 0.29) is 0 Å². The summed E-state index contributed by atoms with van der Waals surface area (Å²) in [6.45, 7) is 5.81.